The highest BCUT2D eigenvalue weighted by Crippen LogP contribution is 2.28. The van der Waals surface area contributed by atoms with Crippen LogP contribution < -0.4 is 19.5 Å². The minimum atomic E-state index is -0.114. The van der Waals surface area contributed by atoms with Crippen LogP contribution in [0.5, 0.6) is 17.2 Å². The van der Waals surface area contributed by atoms with Crippen molar-refractivity contribution < 1.29 is 23.8 Å². The number of nitrogens with one attached hydrogen (secondary N) is 1. The SMILES string of the molecule is COc1ccccc1NC(=O)CCCOc1ccc(C(C)=O)cc1OC. The van der Waals surface area contributed by atoms with Crippen LogP contribution in [0.25, 0.3) is 0 Å². The Morgan fingerprint density at radius 1 is 0.962 bits per heavy atom. The predicted molar refractivity (Wildman–Crippen MR) is 99.4 cm³/mol. The van der Waals surface area contributed by atoms with Crippen molar-refractivity contribution in [2.24, 2.45) is 0 Å². The number of carbonyl (C=O) groups is 2. The van der Waals surface area contributed by atoms with Crippen molar-refractivity contribution in [1.82, 2.24) is 0 Å². The van der Waals surface area contributed by atoms with E-state index in [9.17, 15) is 9.59 Å². The molecule has 6 nitrogen and oxygen atoms in total. The van der Waals surface area contributed by atoms with Crippen molar-refractivity contribution in [3.05, 3.63) is 48.0 Å². The lowest BCUT2D eigenvalue weighted by Gasteiger charge is -2.12. The number of ketones is 1. The van der Waals surface area contributed by atoms with Gasteiger partial charge in [-0.2, -0.15) is 0 Å². The van der Waals surface area contributed by atoms with Crippen LogP contribution in [-0.2, 0) is 4.79 Å². The summed E-state index contributed by atoms with van der Waals surface area (Å²) < 4.78 is 16.1. The molecule has 6 heteroatoms. The van der Waals surface area contributed by atoms with Gasteiger partial charge in [0.25, 0.3) is 0 Å². The van der Waals surface area contributed by atoms with Crippen molar-refractivity contribution in [1.29, 1.82) is 0 Å². The molecule has 2 aromatic rings. The van der Waals surface area contributed by atoms with E-state index in [0.717, 1.165) is 0 Å². The molecule has 0 aliphatic carbocycles. The maximum absolute atomic E-state index is 12.1. The van der Waals surface area contributed by atoms with Gasteiger partial charge in [0.2, 0.25) is 5.91 Å². The molecular formula is C20H23NO5. The Hall–Kier alpha value is -3.02. The molecule has 2 aromatic carbocycles. The van der Waals surface area contributed by atoms with E-state index in [-0.39, 0.29) is 11.7 Å². The van der Waals surface area contributed by atoms with Gasteiger partial charge in [0.15, 0.2) is 17.3 Å². The molecule has 1 N–H and O–H groups in total. The molecule has 0 atom stereocenters. The second kappa shape index (κ2) is 9.46. The number of Topliss-reactive ketones (excluding diaryl/α,β-unsaturated/α-hetero) is 1. The lowest BCUT2D eigenvalue weighted by atomic mass is 10.1. The summed E-state index contributed by atoms with van der Waals surface area (Å²) in [5.41, 5.74) is 1.20. The molecule has 0 spiro atoms. The van der Waals surface area contributed by atoms with Crippen LogP contribution in [0.4, 0.5) is 5.69 Å². The van der Waals surface area contributed by atoms with Crippen molar-refractivity contribution in [3.63, 3.8) is 0 Å². The molecular weight excluding hydrogens is 334 g/mol. The number of anilines is 1. The van der Waals surface area contributed by atoms with Gasteiger partial charge in [0.05, 0.1) is 26.5 Å². The highest BCUT2D eigenvalue weighted by atomic mass is 16.5. The first-order valence-corrected chi connectivity index (χ1v) is 8.29. The Morgan fingerprint density at radius 2 is 1.69 bits per heavy atom. The molecule has 0 aliphatic rings. The summed E-state index contributed by atoms with van der Waals surface area (Å²) in [6.45, 7) is 1.85. The summed E-state index contributed by atoms with van der Waals surface area (Å²) in [4.78, 5) is 23.5. The smallest absolute Gasteiger partial charge is 0.224 e. The summed E-state index contributed by atoms with van der Waals surface area (Å²) >= 11 is 0. The van der Waals surface area contributed by atoms with Gasteiger partial charge in [-0.3, -0.25) is 9.59 Å². The van der Waals surface area contributed by atoms with Gasteiger partial charge in [-0.25, -0.2) is 0 Å². The van der Waals surface area contributed by atoms with Crippen molar-refractivity contribution in [2.75, 3.05) is 26.1 Å². The molecule has 0 saturated heterocycles. The second-order valence-electron chi connectivity index (χ2n) is 5.62. The molecule has 26 heavy (non-hydrogen) atoms. The minimum absolute atomic E-state index is 0.0390. The Morgan fingerprint density at radius 3 is 2.38 bits per heavy atom. The number of carbonyl (C=O) groups excluding carboxylic acids is 2. The summed E-state index contributed by atoms with van der Waals surface area (Å²) in [5.74, 6) is 1.51. The molecule has 0 unspecified atom stereocenters. The Balaban J connectivity index is 1.83. The summed E-state index contributed by atoms with van der Waals surface area (Å²) in [5, 5.41) is 2.82. The van der Waals surface area contributed by atoms with E-state index in [1.165, 1.54) is 14.0 Å². The van der Waals surface area contributed by atoms with Crippen molar-refractivity contribution >= 4 is 17.4 Å². The quantitative estimate of drug-likeness (QED) is 0.547. The van der Waals surface area contributed by atoms with Gasteiger partial charge in [0, 0.05) is 12.0 Å². The van der Waals surface area contributed by atoms with Crippen LogP contribution in [0.1, 0.15) is 30.1 Å². The average Bonchev–Trinajstić information content (AvgIpc) is 2.65. The third-order valence-corrected chi connectivity index (χ3v) is 3.76. The van der Waals surface area contributed by atoms with Crippen molar-refractivity contribution in [2.45, 2.75) is 19.8 Å². The number of ether oxygens (including phenoxy) is 3. The fraction of sp³-hybridized carbons (Fsp3) is 0.300. The first-order chi connectivity index (χ1) is 12.5. The standard InChI is InChI=1S/C20H23NO5/c1-14(22)15-10-11-18(19(13-15)25-3)26-12-6-9-20(23)21-16-7-4-5-8-17(16)24-2/h4-5,7-8,10-11,13H,6,9,12H2,1-3H3,(H,21,23). The first-order valence-electron chi connectivity index (χ1n) is 8.29. The van der Waals surface area contributed by atoms with Crippen LogP contribution in [0.2, 0.25) is 0 Å². The maximum atomic E-state index is 12.1. The fourth-order valence-corrected chi connectivity index (χ4v) is 2.38. The summed E-state index contributed by atoms with van der Waals surface area (Å²) in [6, 6.07) is 12.3. The van der Waals surface area contributed by atoms with E-state index in [4.69, 9.17) is 14.2 Å². The number of benzene rings is 2. The van der Waals surface area contributed by atoms with Crippen LogP contribution in [0, 0.1) is 0 Å². The Kier molecular flexibility index (Phi) is 7.02. The lowest BCUT2D eigenvalue weighted by Crippen LogP contribution is -2.13. The summed E-state index contributed by atoms with van der Waals surface area (Å²) in [7, 11) is 3.08. The highest BCUT2D eigenvalue weighted by molar-refractivity contribution is 5.94. The Bertz CT molecular complexity index is 773. The fourth-order valence-electron chi connectivity index (χ4n) is 2.38. The largest absolute Gasteiger partial charge is 0.495 e. The minimum Gasteiger partial charge on any atom is -0.495 e. The molecule has 0 aliphatic heterocycles. The van der Waals surface area contributed by atoms with Crippen LogP contribution in [-0.4, -0.2) is 32.5 Å². The average molecular weight is 357 g/mol. The molecule has 0 fully saturated rings. The number of amides is 1. The molecule has 0 aromatic heterocycles. The van der Waals surface area contributed by atoms with Gasteiger partial charge in [-0.15, -0.1) is 0 Å². The van der Waals surface area contributed by atoms with Gasteiger partial charge in [-0.1, -0.05) is 12.1 Å². The number of rotatable bonds is 9. The third kappa shape index (κ3) is 5.24. The number of para-hydroxylation sites is 2. The van der Waals surface area contributed by atoms with E-state index in [0.29, 0.717) is 47.9 Å². The number of hydrogen-bond donors (Lipinski definition) is 1. The molecule has 2 rings (SSSR count). The van der Waals surface area contributed by atoms with E-state index in [2.05, 4.69) is 5.32 Å². The monoisotopic (exact) mass is 357 g/mol. The zero-order valence-corrected chi connectivity index (χ0v) is 15.2. The predicted octanol–water partition coefficient (Wildman–Crippen LogP) is 3.70. The van der Waals surface area contributed by atoms with Gasteiger partial charge >= 0.3 is 0 Å². The maximum Gasteiger partial charge on any atom is 0.224 e. The molecule has 0 saturated carbocycles. The normalized spacial score (nSPS) is 10.1. The molecule has 0 bridgehead atoms. The van der Waals surface area contributed by atoms with Crippen LogP contribution in [0.15, 0.2) is 42.5 Å². The molecule has 0 heterocycles. The van der Waals surface area contributed by atoms with Gasteiger partial charge in [0.1, 0.15) is 5.75 Å². The van der Waals surface area contributed by atoms with Crippen LogP contribution >= 0.6 is 0 Å². The zero-order valence-electron chi connectivity index (χ0n) is 15.2. The molecule has 1 amide bonds. The zero-order chi connectivity index (χ0) is 18.9. The molecule has 138 valence electrons. The van der Waals surface area contributed by atoms with Crippen molar-refractivity contribution in [3.8, 4) is 17.2 Å². The number of methoxy groups -OCH3 is 2. The Labute approximate surface area is 153 Å². The van der Waals surface area contributed by atoms with E-state index in [1.807, 2.05) is 12.1 Å². The lowest BCUT2D eigenvalue weighted by molar-refractivity contribution is -0.116. The van der Waals surface area contributed by atoms with Crippen LogP contribution in [0.3, 0.4) is 0 Å². The molecule has 0 radical (unpaired) electrons. The van der Waals surface area contributed by atoms with E-state index in [1.54, 1.807) is 37.4 Å². The number of hydrogen-bond acceptors (Lipinski definition) is 5. The first kappa shape index (κ1) is 19.3. The van der Waals surface area contributed by atoms with E-state index < -0.39 is 0 Å². The third-order valence-electron chi connectivity index (χ3n) is 3.76. The topological polar surface area (TPSA) is 73.9 Å². The van der Waals surface area contributed by atoms with Gasteiger partial charge in [-0.05, 0) is 43.7 Å². The van der Waals surface area contributed by atoms with E-state index >= 15 is 0 Å². The summed E-state index contributed by atoms with van der Waals surface area (Å²) in [6.07, 6.45) is 0.852. The van der Waals surface area contributed by atoms with Gasteiger partial charge < -0.3 is 19.5 Å². The highest BCUT2D eigenvalue weighted by Gasteiger charge is 2.10. The second-order valence-corrected chi connectivity index (χ2v) is 5.62.